The molecule has 3 unspecified atom stereocenters. The van der Waals surface area contributed by atoms with Crippen molar-refractivity contribution < 1.29 is 19.4 Å². The first-order chi connectivity index (χ1) is 16.3. The van der Waals surface area contributed by atoms with Crippen LogP contribution in [0.15, 0.2) is 60.8 Å². The first-order valence-electron chi connectivity index (χ1n) is 11.8. The number of carbonyl (C=O) groups excluding carboxylic acids is 1. The summed E-state index contributed by atoms with van der Waals surface area (Å²) in [5.41, 5.74) is 4.49. The fourth-order valence-corrected chi connectivity index (χ4v) is 5.66. The fourth-order valence-electron chi connectivity index (χ4n) is 5.66. The van der Waals surface area contributed by atoms with Gasteiger partial charge in [0.15, 0.2) is 0 Å². The molecule has 3 atom stereocenters. The number of pyridine rings is 1. The Bertz CT molecular complexity index is 1230. The summed E-state index contributed by atoms with van der Waals surface area (Å²) in [4.78, 5) is 18.6. The minimum absolute atomic E-state index is 0.222. The van der Waals surface area contributed by atoms with Crippen molar-refractivity contribution in [3.63, 3.8) is 0 Å². The van der Waals surface area contributed by atoms with Crippen LogP contribution in [0.25, 0.3) is 0 Å². The Morgan fingerprint density at radius 2 is 1.91 bits per heavy atom. The van der Waals surface area contributed by atoms with Crippen LogP contribution in [-0.2, 0) is 5.41 Å². The van der Waals surface area contributed by atoms with Crippen LogP contribution >= 0.6 is 0 Å². The largest absolute Gasteiger partial charge is 0.388 e. The average molecular weight is 461 g/mol. The SMILES string of the molecule is CC(C)c1ccccc1C(O)c1ccc2c(c1)C(O)CC21CCN(C(=O)c2ccc(F)cn2)C1. The van der Waals surface area contributed by atoms with Gasteiger partial charge in [0.1, 0.15) is 17.6 Å². The van der Waals surface area contributed by atoms with Crippen molar-refractivity contribution in [3.8, 4) is 0 Å². The second-order valence-corrected chi connectivity index (χ2v) is 9.87. The normalized spacial score (nSPS) is 22.4. The lowest BCUT2D eigenvalue weighted by atomic mass is 9.80. The standard InChI is InChI=1S/C28H29FN2O3/c1-17(2)20-5-3-4-6-21(20)26(33)18-7-9-23-22(13-18)25(32)14-28(23)11-12-31(16-28)27(34)24-10-8-19(29)15-30-24/h3-10,13,15,17,25-26,32-33H,11-12,14,16H2,1-2H3. The molecule has 2 heterocycles. The predicted octanol–water partition coefficient (Wildman–Crippen LogP) is 4.65. The molecular formula is C28H29FN2O3. The Labute approximate surface area is 198 Å². The predicted molar refractivity (Wildman–Crippen MR) is 127 cm³/mol. The molecule has 2 aliphatic rings. The smallest absolute Gasteiger partial charge is 0.272 e. The lowest BCUT2D eigenvalue weighted by molar-refractivity contribution is 0.0770. The summed E-state index contributed by atoms with van der Waals surface area (Å²) in [7, 11) is 0. The molecule has 1 aliphatic heterocycles. The van der Waals surface area contributed by atoms with Crippen LogP contribution in [0.2, 0.25) is 0 Å². The highest BCUT2D eigenvalue weighted by Gasteiger charge is 2.49. The lowest BCUT2D eigenvalue weighted by Crippen LogP contribution is -2.33. The van der Waals surface area contributed by atoms with Crippen molar-refractivity contribution in [2.24, 2.45) is 0 Å². The molecular weight excluding hydrogens is 431 g/mol. The molecule has 5 nitrogen and oxygen atoms in total. The zero-order valence-corrected chi connectivity index (χ0v) is 19.4. The van der Waals surface area contributed by atoms with Gasteiger partial charge in [-0.2, -0.15) is 0 Å². The molecule has 176 valence electrons. The first-order valence-corrected chi connectivity index (χ1v) is 11.8. The maximum atomic E-state index is 13.2. The van der Waals surface area contributed by atoms with Crippen LogP contribution in [-0.4, -0.2) is 39.1 Å². The minimum atomic E-state index is -0.779. The second kappa shape index (κ2) is 8.60. The van der Waals surface area contributed by atoms with Crippen LogP contribution in [0.1, 0.15) is 83.1 Å². The van der Waals surface area contributed by atoms with Crippen LogP contribution in [0.3, 0.4) is 0 Å². The summed E-state index contributed by atoms with van der Waals surface area (Å²) in [5.74, 6) is -0.416. The van der Waals surface area contributed by atoms with Crippen molar-refractivity contribution in [2.75, 3.05) is 13.1 Å². The van der Waals surface area contributed by atoms with Crippen molar-refractivity contribution >= 4 is 5.91 Å². The number of aliphatic hydroxyl groups excluding tert-OH is 2. The third-order valence-electron chi connectivity index (χ3n) is 7.41. The molecule has 2 N–H and O–H groups in total. The third kappa shape index (κ3) is 3.81. The highest BCUT2D eigenvalue weighted by Crippen LogP contribution is 2.51. The number of halogens is 1. The molecule has 5 rings (SSSR count). The molecule has 1 aromatic heterocycles. The number of aromatic nitrogens is 1. The number of likely N-dealkylation sites (tertiary alicyclic amines) is 1. The summed E-state index contributed by atoms with van der Waals surface area (Å²) in [6, 6.07) is 16.4. The molecule has 2 aromatic carbocycles. The van der Waals surface area contributed by atoms with E-state index in [1.54, 1.807) is 4.90 Å². The lowest BCUT2D eigenvalue weighted by Gasteiger charge is -2.26. The average Bonchev–Trinajstić information content (AvgIpc) is 3.39. The Morgan fingerprint density at radius 3 is 2.62 bits per heavy atom. The Balaban J connectivity index is 1.42. The van der Waals surface area contributed by atoms with Gasteiger partial charge >= 0.3 is 0 Å². The van der Waals surface area contributed by atoms with Gasteiger partial charge in [0.25, 0.3) is 5.91 Å². The molecule has 1 spiro atoms. The number of hydrogen-bond donors (Lipinski definition) is 2. The van der Waals surface area contributed by atoms with Gasteiger partial charge in [-0.05, 0) is 64.8 Å². The van der Waals surface area contributed by atoms with Gasteiger partial charge < -0.3 is 15.1 Å². The van der Waals surface area contributed by atoms with E-state index in [9.17, 15) is 19.4 Å². The third-order valence-corrected chi connectivity index (χ3v) is 7.41. The van der Waals surface area contributed by atoms with E-state index in [1.807, 2.05) is 42.5 Å². The molecule has 34 heavy (non-hydrogen) atoms. The minimum Gasteiger partial charge on any atom is -0.388 e. The van der Waals surface area contributed by atoms with Crippen molar-refractivity contribution in [1.82, 2.24) is 9.88 Å². The van der Waals surface area contributed by atoms with E-state index in [0.717, 1.165) is 40.4 Å². The fraction of sp³-hybridized carbons (Fsp3) is 0.357. The molecule has 0 bridgehead atoms. The zero-order chi connectivity index (χ0) is 24.0. The summed E-state index contributed by atoms with van der Waals surface area (Å²) in [5, 5.41) is 22.1. The number of benzene rings is 2. The topological polar surface area (TPSA) is 73.7 Å². The van der Waals surface area contributed by atoms with E-state index >= 15 is 0 Å². The van der Waals surface area contributed by atoms with Crippen molar-refractivity contribution in [1.29, 1.82) is 0 Å². The van der Waals surface area contributed by atoms with Gasteiger partial charge in [-0.15, -0.1) is 0 Å². The van der Waals surface area contributed by atoms with E-state index in [1.165, 1.54) is 12.1 Å². The molecule has 0 radical (unpaired) electrons. The van der Waals surface area contributed by atoms with Crippen LogP contribution < -0.4 is 0 Å². The van der Waals surface area contributed by atoms with Crippen molar-refractivity contribution in [2.45, 2.75) is 50.2 Å². The quantitative estimate of drug-likeness (QED) is 0.595. The van der Waals surface area contributed by atoms with E-state index in [0.29, 0.717) is 19.5 Å². The summed E-state index contributed by atoms with van der Waals surface area (Å²) < 4.78 is 13.2. The summed E-state index contributed by atoms with van der Waals surface area (Å²) >= 11 is 0. The highest BCUT2D eigenvalue weighted by molar-refractivity contribution is 5.92. The van der Waals surface area contributed by atoms with Gasteiger partial charge in [-0.25, -0.2) is 9.37 Å². The number of rotatable bonds is 4. The summed E-state index contributed by atoms with van der Waals surface area (Å²) in [6.45, 7) is 5.25. The van der Waals surface area contributed by atoms with Crippen LogP contribution in [0, 0.1) is 5.82 Å². The number of aliphatic hydroxyl groups is 2. The van der Waals surface area contributed by atoms with Gasteiger partial charge in [0.2, 0.25) is 0 Å². The Kier molecular flexibility index (Phi) is 5.74. The number of nitrogens with zero attached hydrogens (tertiary/aromatic N) is 2. The number of carbonyl (C=O) groups is 1. The Hall–Kier alpha value is -3.09. The number of amides is 1. The van der Waals surface area contributed by atoms with Crippen LogP contribution in [0.5, 0.6) is 0 Å². The maximum absolute atomic E-state index is 13.2. The summed E-state index contributed by atoms with van der Waals surface area (Å²) in [6.07, 6.45) is 0.894. The molecule has 1 aliphatic carbocycles. The van der Waals surface area contributed by atoms with Gasteiger partial charge in [0, 0.05) is 18.5 Å². The first kappa shape index (κ1) is 22.7. The Morgan fingerprint density at radius 1 is 1.15 bits per heavy atom. The second-order valence-electron chi connectivity index (χ2n) is 9.87. The molecule has 1 amide bonds. The highest BCUT2D eigenvalue weighted by atomic mass is 19.1. The number of fused-ring (bicyclic) bond motifs is 2. The molecule has 0 saturated carbocycles. The maximum Gasteiger partial charge on any atom is 0.272 e. The number of hydrogen-bond acceptors (Lipinski definition) is 4. The van der Waals surface area contributed by atoms with Crippen molar-refractivity contribution in [3.05, 3.63) is 100 Å². The zero-order valence-electron chi connectivity index (χ0n) is 19.4. The van der Waals surface area contributed by atoms with E-state index in [2.05, 4.69) is 18.8 Å². The molecule has 3 aromatic rings. The monoisotopic (exact) mass is 460 g/mol. The van der Waals surface area contributed by atoms with E-state index in [4.69, 9.17) is 0 Å². The van der Waals surface area contributed by atoms with Gasteiger partial charge in [-0.3, -0.25) is 4.79 Å². The van der Waals surface area contributed by atoms with E-state index in [-0.39, 0.29) is 22.9 Å². The van der Waals surface area contributed by atoms with Crippen LogP contribution in [0.4, 0.5) is 4.39 Å². The van der Waals surface area contributed by atoms with Gasteiger partial charge in [-0.1, -0.05) is 50.2 Å². The van der Waals surface area contributed by atoms with E-state index < -0.39 is 18.0 Å². The molecule has 6 heteroatoms. The van der Waals surface area contributed by atoms with Gasteiger partial charge in [0.05, 0.1) is 12.3 Å². The molecule has 1 saturated heterocycles. The molecule has 1 fully saturated rings.